The van der Waals surface area contributed by atoms with Crippen LogP contribution < -0.4 is 5.43 Å². The van der Waals surface area contributed by atoms with Crippen LogP contribution in [-0.4, -0.2) is 19.7 Å². The second-order valence-electron chi connectivity index (χ2n) is 5.84. The van der Waals surface area contributed by atoms with Crippen LogP contribution in [0.25, 0.3) is 32.8 Å². The second kappa shape index (κ2) is 5.53. The highest BCUT2D eigenvalue weighted by Crippen LogP contribution is 2.21. The number of aryl methyl sites for hydroxylation is 2. The molecular weight excluding hydrogens is 300 g/mol. The molecule has 118 valence electrons. The monoisotopic (exact) mass is 316 g/mol. The average molecular weight is 316 g/mol. The summed E-state index contributed by atoms with van der Waals surface area (Å²) < 4.78 is 1.73. The van der Waals surface area contributed by atoms with E-state index in [-0.39, 0.29) is 5.43 Å². The van der Waals surface area contributed by atoms with E-state index in [4.69, 9.17) is 0 Å². The number of pyridine rings is 2. The van der Waals surface area contributed by atoms with Gasteiger partial charge in [-0.2, -0.15) is 5.10 Å². The Labute approximate surface area is 138 Å². The maximum absolute atomic E-state index is 13.1. The molecule has 0 saturated heterocycles. The van der Waals surface area contributed by atoms with E-state index >= 15 is 0 Å². The predicted molar refractivity (Wildman–Crippen MR) is 94.9 cm³/mol. The van der Waals surface area contributed by atoms with Gasteiger partial charge in [0.05, 0.1) is 11.7 Å². The number of hydrogen-bond donors (Lipinski definition) is 0. The number of fused-ring (bicyclic) bond motifs is 2. The fraction of sp³-hybridized carbons (Fsp3) is 0.158. The molecule has 24 heavy (non-hydrogen) atoms. The molecule has 4 rings (SSSR count). The van der Waals surface area contributed by atoms with E-state index in [0.29, 0.717) is 16.3 Å². The third-order valence-corrected chi connectivity index (χ3v) is 4.22. The van der Waals surface area contributed by atoms with Crippen LogP contribution in [-0.2, 0) is 13.5 Å². The van der Waals surface area contributed by atoms with Crippen LogP contribution in [0.15, 0.2) is 53.8 Å². The molecule has 0 saturated carbocycles. The maximum atomic E-state index is 13.1. The van der Waals surface area contributed by atoms with Crippen LogP contribution in [0.2, 0.25) is 0 Å². The van der Waals surface area contributed by atoms with E-state index in [0.717, 1.165) is 28.6 Å². The molecule has 3 aromatic heterocycles. The first-order chi connectivity index (χ1) is 11.7. The summed E-state index contributed by atoms with van der Waals surface area (Å²) in [6.07, 6.45) is 8.02. The van der Waals surface area contributed by atoms with Gasteiger partial charge in [-0.15, -0.1) is 0 Å². The molecule has 1 aromatic carbocycles. The van der Waals surface area contributed by atoms with Crippen LogP contribution in [0.1, 0.15) is 12.6 Å². The first kappa shape index (κ1) is 14.5. The Kier molecular flexibility index (Phi) is 3.34. The molecule has 0 aliphatic rings. The van der Waals surface area contributed by atoms with Crippen molar-refractivity contribution in [2.45, 2.75) is 13.3 Å². The minimum absolute atomic E-state index is 0.0136. The van der Waals surface area contributed by atoms with Gasteiger partial charge < -0.3 is 0 Å². The summed E-state index contributed by atoms with van der Waals surface area (Å²) in [7, 11) is 1.86. The van der Waals surface area contributed by atoms with Crippen LogP contribution in [0.3, 0.4) is 0 Å². The smallest absolute Gasteiger partial charge is 0.195 e. The molecule has 0 atom stereocenters. The Morgan fingerprint density at radius 1 is 1.00 bits per heavy atom. The van der Waals surface area contributed by atoms with Crippen molar-refractivity contribution >= 4 is 21.7 Å². The highest BCUT2D eigenvalue weighted by molar-refractivity contribution is 5.92. The van der Waals surface area contributed by atoms with Gasteiger partial charge in [0.15, 0.2) is 5.43 Å². The van der Waals surface area contributed by atoms with E-state index in [1.165, 1.54) is 0 Å². The van der Waals surface area contributed by atoms with Crippen molar-refractivity contribution in [1.29, 1.82) is 0 Å². The predicted octanol–water partition coefficient (Wildman–Crippen LogP) is 3.11. The molecule has 0 amide bonds. The Morgan fingerprint density at radius 3 is 2.62 bits per heavy atom. The van der Waals surface area contributed by atoms with Crippen LogP contribution in [0.5, 0.6) is 0 Å². The lowest BCUT2D eigenvalue weighted by Gasteiger charge is -1.99. The molecule has 0 radical (unpaired) electrons. The number of nitrogens with zero attached hydrogens (tertiary/aromatic N) is 4. The minimum atomic E-state index is -0.0136. The Bertz CT molecular complexity index is 1130. The quantitative estimate of drug-likeness (QED) is 0.570. The summed E-state index contributed by atoms with van der Waals surface area (Å²) in [6, 6.07) is 7.56. The van der Waals surface area contributed by atoms with Crippen molar-refractivity contribution in [2.75, 3.05) is 0 Å². The van der Waals surface area contributed by atoms with Crippen LogP contribution >= 0.6 is 0 Å². The molecule has 0 N–H and O–H groups in total. The summed E-state index contributed by atoms with van der Waals surface area (Å²) in [4.78, 5) is 21.9. The molecule has 0 spiro atoms. The van der Waals surface area contributed by atoms with Crippen molar-refractivity contribution in [3.05, 3.63) is 65.0 Å². The van der Waals surface area contributed by atoms with Crippen LogP contribution in [0.4, 0.5) is 0 Å². The molecule has 0 bridgehead atoms. The van der Waals surface area contributed by atoms with Gasteiger partial charge in [0.25, 0.3) is 0 Å². The van der Waals surface area contributed by atoms with Gasteiger partial charge in [-0.05, 0) is 24.6 Å². The second-order valence-corrected chi connectivity index (χ2v) is 5.84. The van der Waals surface area contributed by atoms with Crippen molar-refractivity contribution in [2.24, 2.45) is 7.05 Å². The molecule has 0 aliphatic heterocycles. The SMILES string of the molecule is CCc1cc2c(=O)c3cc(-c4cnn(C)c4)cnc3ccc2cn1. The standard InChI is InChI=1S/C19H16N4O/c1-3-15-7-16-12(8-20-15)4-5-18-17(19(16)24)6-13(9-21-18)14-10-22-23(2)11-14/h4-11H,3H2,1-2H3. The van der Waals surface area contributed by atoms with Crippen molar-refractivity contribution < 1.29 is 0 Å². The summed E-state index contributed by atoms with van der Waals surface area (Å²) in [6.45, 7) is 2.03. The molecule has 4 aromatic rings. The van der Waals surface area contributed by atoms with Crippen molar-refractivity contribution in [3.63, 3.8) is 0 Å². The van der Waals surface area contributed by atoms with Gasteiger partial charge in [0.1, 0.15) is 0 Å². The van der Waals surface area contributed by atoms with Gasteiger partial charge in [-0.3, -0.25) is 19.4 Å². The normalized spacial score (nSPS) is 11.2. The zero-order chi connectivity index (χ0) is 16.7. The first-order valence-electron chi connectivity index (χ1n) is 7.86. The molecule has 5 heteroatoms. The fourth-order valence-electron chi connectivity index (χ4n) is 2.86. The molecular formula is C19H16N4O. The summed E-state index contributed by atoms with van der Waals surface area (Å²) in [5.41, 5.74) is 3.41. The Morgan fingerprint density at radius 2 is 1.88 bits per heavy atom. The summed E-state index contributed by atoms with van der Waals surface area (Å²) in [5.74, 6) is 0. The van der Waals surface area contributed by atoms with Gasteiger partial charge in [0.2, 0.25) is 0 Å². The maximum Gasteiger partial charge on any atom is 0.195 e. The molecule has 0 aliphatic carbocycles. The molecule has 0 unspecified atom stereocenters. The van der Waals surface area contributed by atoms with Gasteiger partial charge >= 0.3 is 0 Å². The highest BCUT2D eigenvalue weighted by atomic mass is 16.1. The third kappa shape index (κ3) is 2.34. The molecule has 3 heterocycles. The van der Waals surface area contributed by atoms with Gasteiger partial charge in [0, 0.05) is 58.6 Å². The third-order valence-electron chi connectivity index (χ3n) is 4.22. The van der Waals surface area contributed by atoms with Crippen LogP contribution in [0, 0.1) is 0 Å². The zero-order valence-electron chi connectivity index (χ0n) is 13.5. The van der Waals surface area contributed by atoms with Gasteiger partial charge in [-0.1, -0.05) is 13.0 Å². The Balaban J connectivity index is 2.06. The largest absolute Gasteiger partial charge is 0.289 e. The van der Waals surface area contributed by atoms with E-state index in [1.807, 2.05) is 44.4 Å². The minimum Gasteiger partial charge on any atom is -0.289 e. The lowest BCUT2D eigenvalue weighted by atomic mass is 10.1. The van der Waals surface area contributed by atoms with E-state index in [9.17, 15) is 4.79 Å². The summed E-state index contributed by atoms with van der Waals surface area (Å²) in [5, 5.41) is 6.31. The lowest BCUT2D eigenvalue weighted by molar-refractivity contribution is 0.768. The number of rotatable bonds is 2. The lowest BCUT2D eigenvalue weighted by Crippen LogP contribution is -2.01. The van der Waals surface area contributed by atoms with E-state index < -0.39 is 0 Å². The molecule has 0 fully saturated rings. The van der Waals surface area contributed by atoms with Crippen molar-refractivity contribution in [3.8, 4) is 11.1 Å². The molecule has 5 nitrogen and oxygen atoms in total. The van der Waals surface area contributed by atoms with Crippen molar-refractivity contribution in [1.82, 2.24) is 19.7 Å². The highest BCUT2D eigenvalue weighted by Gasteiger charge is 2.08. The number of hydrogen-bond acceptors (Lipinski definition) is 4. The first-order valence-corrected chi connectivity index (χ1v) is 7.86. The topological polar surface area (TPSA) is 60.7 Å². The number of aromatic nitrogens is 4. The van der Waals surface area contributed by atoms with E-state index in [2.05, 4.69) is 15.1 Å². The zero-order valence-corrected chi connectivity index (χ0v) is 13.5. The average Bonchev–Trinajstić information content (AvgIpc) is 2.99. The van der Waals surface area contributed by atoms with Gasteiger partial charge in [-0.25, -0.2) is 0 Å². The summed E-state index contributed by atoms with van der Waals surface area (Å²) >= 11 is 0. The fourth-order valence-corrected chi connectivity index (χ4v) is 2.86. The van der Waals surface area contributed by atoms with E-state index in [1.54, 1.807) is 23.3 Å². The Hall–Kier alpha value is -3.08.